The lowest BCUT2D eigenvalue weighted by Gasteiger charge is -2.32. The summed E-state index contributed by atoms with van der Waals surface area (Å²) in [6.07, 6.45) is 3.32. The van der Waals surface area contributed by atoms with Crippen LogP contribution in [0.15, 0.2) is 11.4 Å². The molecule has 7 heteroatoms. The molecule has 1 saturated heterocycles. The van der Waals surface area contributed by atoms with Gasteiger partial charge in [-0.1, -0.05) is 23.4 Å². The Morgan fingerprint density at radius 3 is 2.59 bits per heavy atom. The maximum absolute atomic E-state index is 12.0. The molecule has 1 aromatic rings. The largest absolute Gasteiger partial charge is 0.444 e. The highest BCUT2D eigenvalue weighted by Gasteiger charge is 2.27. The Morgan fingerprint density at radius 2 is 2.05 bits per heavy atom. The summed E-state index contributed by atoms with van der Waals surface area (Å²) in [4.78, 5) is 22.4. The van der Waals surface area contributed by atoms with Gasteiger partial charge in [0, 0.05) is 30.1 Å². The summed E-state index contributed by atoms with van der Waals surface area (Å²) < 4.78 is 5.40. The SMILES string of the molecule is Cc1cnc(SC2CCN(C(=O)OC(C)(C)C)CC2)nc1Cl. The van der Waals surface area contributed by atoms with Crippen molar-refractivity contribution >= 4 is 29.5 Å². The molecule has 0 radical (unpaired) electrons. The monoisotopic (exact) mass is 343 g/mol. The van der Waals surface area contributed by atoms with Gasteiger partial charge in [-0.25, -0.2) is 14.8 Å². The molecule has 0 unspecified atom stereocenters. The lowest BCUT2D eigenvalue weighted by atomic mass is 10.1. The number of ether oxygens (including phenoxy) is 1. The summed E-state index contributed by atoms with van der Waals surface area (Å²) in [5.41, 5.74) is 0.431. The van der Waals surface area contributed by atoms with Crippen molar-refractivity contribution in [3.8, 4) is 0 Å². The Bertz CT molecular complexity index is 540. The molecule has 0 saturated carbocycles. The maximum Gasteiger partial charge on any atom is 0.410 e. The van der Waals surface area contributed by atoms with Gasteiger partial charge in [-0.05, 0) is 40.5 Å². The number of carbonyl (C=O) groups is 1. The van der Waals surface area contributed by atoms with E-state index in [2.05, 4.69) is 9.97 Å². The number of aryl methyl sites for hydroxylation is 1. The quantitative estimate of drug-likeness (QED) is 0.601. The topological polar surface area (TPSA) is 55.3 Å². The van der Waals surface area contributed by atoms with Gasteiger partial charge in [0.2, 0.25) is 0 Å². The molecule has 1 aliphatic heterocycles. The van der Waals surface area contributed by atoms with Crippen molar-refractivity contribution in [2.75, 3.05) is 13.1 Å². The van der Waals surface area contributed by atoms with Crippen LogP contribution in [0, 0.1) is 6.92 Å². The number of thioether (sulfide) groups is 1. The van der Waals surface area contributed by atoms with Gasteiger partial charge in [0.1, 0.15) is 10.8 Å². The van der Waals surface area contributed by atoms with Crippen molar-refractivity contribution in [3.05, 3.63) is 16.9 Å². The first-order chi connectivity index (χ1) is 10.2. The minimum atomic E-state index is -0.449. The third-order valence-corrected chi connectivity index (χ3v) is 4.85. The molecule has 2 heterocycles. The van der Waals surface area contributed by atoms with E-state index in [1.165, 1.54) is 0 Å². The minimum absolute atomic E-state index is 0.231. The van der Waals surface area contributed by atoms with Crippen molar-refractivity contribution in [2.45, 2.75) is 56.5 Å². The fourth-order valence-corrected chi connectivity index (χ4v) is 3.28. The average molecular weight is 344 g/mol. The average Bonchev–Trinajstić information content (AvgIpc) is 2.42. The highest BCUT2D eigenvalue weighted by Crippen LogP contribution is 2.29. The van der Waals surface area contributed by atoms with Crippen molar-refractivity contribution < 1.29 is 9.53 Å². The van der Waals surface area contributed by atoms with Crippen molar-refractivity contribution in [3.63, 3.8) is 0 Å². The van der Waals surface area contributed by atoms with Crippen LogP contribution in [0.4, 0.5) is 4.79 Å². The Morgan fingerprint density at radius 1 is 1.41 bits per heavy atom. The van der Waals surface area contributed by atoms with E-state index < -0.39 is 5.60 Å². The Labute approximate surface area is 140 Å². The third kappa shape index (κ3) is 5.02. The molecular formula is C15H22ClN3O2S. The normalized spacial score (nSPS) is 16.7. The molecule has 122 valence electrons. The fourth-order valence-electron chi connectivity index (χ4n) is 2.09. The van der Waals surface area contributed by atoms with Crippen LogP contribution in [0.5, 0.6) is 0 Å². The van der Waals surface area contributed by atoms with Gasteiger partial charge in [0.05, 0.1) is 0 Å². The van der Waals surface area contributed by atoms with Crippen LogP contribution in [-0.4, -0.2) is 44.9 Å². The number of amides is 1. The van der Waals surface area contributed by atoms with Crippen LogP contribution in [0.2, 0.25) is 5.15 Å². The first-order valence-corrected chi connectivity index (χ1v) is 8.64. The second-order valence-electron chi connectivity index (χ2n) is 6.41. The van der Waals surface area contributed by atoms with Gasteiger partial charge in [0.15, 0.2) is 5.16 Å². The van der Waals surface area contributed by atoms with Crippen molar-refractivity contribution in [1.82, 2.24) is 14.9 Å². The van der Waals surface area contributed by atoms with E-state index in [1.807, 2.05) is 27.7 Å². The van der Waals surface area contributed by atoms with E-state index in [0.717, 1.165) is 18.4 Å². The molecule has 1 aromatic heterocycles. The first-order valence-electron chi connectivity index (χ1n) is 7.38. The molecule has 1 fully saturated rings. The number of piperidine rings is 1. The van der Waals surface area contributed by atoms with Crippen LogP contribution >= 0.6 is 23.4 Å². The van der Waals surface area contributed by atoms with E-state index >= 15 is 0 Å². The molecular weight excluding hydrogens is 322 g/mol. The fraction of sp³-hybridized carbons (Fsp3) is 0.667. The van der Waals surface area contributed by atoms with E-state index in [4.69, 9.17) is 16.3 Å². The smallest absolute Gasteiger partial charge is 0.410 e. The summed E-state index contributed by atoms with van der Waals surface area (Å²) >= 11 is 7.65. The summed E-state index contributed by atoms with van der Waals surface area (Å²) in [5, 5.41) is 1.60. The highest BCUT2D eigenvalue weighted by molar-refractivity contribution is 7.99. The van der Waals surface area contributed by atoms with Crippen LogP contribution in [-0.2, 0) is 4.74 Å². The van der Waals surface area contributed by atoms with E-state index in [1.54, 1.807) is 22.9 Å². The number of hydrogen-bond donors (Lipinski definition) is 0. The minimum Gasteiger partial charge on any atom is -0.444 e. The van der Waals surface area contributed by atoms with Gasteiger partial charge < -0.3 is 9.64 Å². The zero-order valence-corrected chi connectivity index (χ0v) is 15.0. The summed E-state index contributed by atoms with van der Waals surface area (Å²) in [6.45, 7) is 8.93. The molecule has 2 rings (SSSR count). The number of likely N-dealkylation sites (tertiary alicyclic amines) is 1. The van der Waals surface area contributed by atoms with Crippen molar-refractivity contribution in [1.29, 1.82) is 0 Å². The van der Waals surface area contributed by atoms with Crippen LogP contribution in [0.1, 0.15) is 39.2 Å². The predicted molar refractivity (Wildman–Crippen MR) is 88.5 cm³/mol. The first kappa shape index (κ1) is 17.3. The standard InChI is InChI=1S/C15H22ClN3O2S/c1-10-9-17-13(18-12(10)16)22-11-5-7-19(8-6-11)14(20)21-15(2,3)4/h9,11H,5-8H2,1-4H3. The summed E-state index contributed by atoms with van der Waals surface area (Å²) in [7, 11) is 0. The summed E-state index contributed by atoms with van der Waals surface area (Å²) in [5.74, 6) is 0. The van der Waals surface area contributed by atoms with Gasteiger partial charge in [-0.3, -0.25) is 0 Å². The van der Waals surface area contributed by atoms with Crippen LogP contribution in [0.3, 0.4) is 0 Å². The molecule has 0 N–H and O–H groups in total. The molecule has 0 spiro atoms. The number of rotatable bonds is 2. The molecule has 5 nitrogen and oxygen atoms in total. The number of carbonyl (C=O) groups excluding carboxylic acids is 1. The van der Waals surface area contributed by atoms with Crippen molar-refractivity contribution in [2.24, 2.45) is 0 Å². The van der Waals surface area contributed by atoms with Crippen LogP contribution in [0.25, 0.3) is 0 Å². The molecule has 1 aliphatic rings. The molecule has 22 heavy (non-hydrogen) atoms. The lowest BCUT2D eigenvalue weighted by Crippen LogP contribution is -2.42. The number of hydrogen-bond acceptors (Lipinski definition) is 5. The van der Waals surface area contributed by atoms with E-state index in [9.17, 15) is 4.79 Å². The zero-order chi connectivity index (χ0) is 16.3. The predicted octanol–water partition coefficient (Wildman–Crippen LogP) is 3.93. The Hall–Kier alpha value is -1.01. The Balaban J connectivity index is 1.84. The zero-order valence-electron chi connectivity index (χ0n) is 13.4. The second kappa shape index (κ2) is 7.04. The van der Waals surface area contributed by atoms with E-state index in [-0.39, 0.29) is 6.09 Å². The lowest BCUT2D eigenvalue weighted by molar-refractivity contribution is 0.0219. The molecule has 0 aliphatic carbocycles. The van der Waals surface area contributed by atoms with Gasteiger partial charge in [0.25, 0.3) is 0 Å². The second-order valence-corrected chi connectivity index (χ2v) is 8.04. The third-order valence-electron chi connectivity index (χ3n) is 3.25. The Kier molecular flexibility index (Phi) is 5.55. The molecule has 0 aromatic carbocycles. The molecule has 0 bridgehead atoms. The summed E-state index contributed by atoms with van der Waals surface area (Å²) in [6, 6.07) is 0. The van der Waals surface area contributed by atoms with Crippen LogP contribution < -0.4 is 0 Å². The number of aromatic nitrogens is 2. The van der Waals surface area contributed by atoms with E-state index in [0.29, 0.717) is 28.6 Å². The maximum atomic E-state index is 12.0. The van der Waals surface area contributed by atoms with Gasteiger partial charge in [-0.15, -0.1) is 0 Å². The molecule has 0 atom stereocenters. The number of halogens is 1. The highest BCUT2D eigenvalue weighted by atomic mass is 35.5. The molecule has 1 amide bonds. The van der Waals surface area contributed by atoms with Gasteiger partial charge >= 0.3 is 6.09 Å². The van der Waals surface area contributed by atoms with Gasteiger partial charge in [-0.2, -0.15) is 0 Å². The number of nitrogens with zero attached hydrogens (tertiary/aromatic N) is 3.